The molecule has 0 saturated carbocycles. The molecular formula is C32H18N4O6. The molecule has 0 radical (unpaired) electrons. The van der Waals surface area contributed by atoms with Gasteiger partial charge in [0.05, 0.1) is 5.56 Å². The molecule has 0 amide bonds. The molecule has 10 nitrogen and oxygen atoms in total. The van der Waals surface area contributed by atoms with Gasteiger partial charge in [-0.15, -0.1) is 0 Å². The van der Waals surface area contributed by atoms with E-state index < -0.39 is 18.1 Å². The van der Waals surface area contributed by atoms with Crippen LogP contribution in [0.25, 0.3) is 0 Å². The van der Waals surface area contributed by atoms with Gasteiger partial charge in [-0.3, -0.25) is 19.4 Å². The molecule has 1 aliphatic carbocycles. The van der Waals surface area contributed by atoms with Gasteiger partial charge in [-0.05, 0) is 89.1 Å². The standard InChI is InChI=1S/C16H10N2O3.C16H2O3.2H3N/c19-13-10-5-1-2-6-11(10)14(20)15-12(13)18-16(21-15)9-4-3-7-17-8-9;17-15-13-11-9-7-5-3-1-2-4-6-8-10-12-14-16(18)19;;/h1-8,12,15H;15H,(H,18,19);2*1H3. The van der Waals surface area contributed by atoms with Crippen molar-refractivity contribution in [3.63, 3.8) is 0 Å². The van der Waals surface area contributed by atoms with Gasteiger partial charge in [0, 0.05) is 29.4 Å². The van der Waals surface area contributed by atoms with Crippen molar-refractivity contribution in [3.8, 4) is 82.9 Å². The van der Waals surface area contributed by atoms with Crippen LogP contribution in [0.4, 0.5) is 0 Å². The van der Waals surface area contributed by atoms with Crippen molar-refractivity contribution in [3.05, 3.63) is 65.5 Å². The second kappa shape index (κ2) is 17.6. The minimum Gasteiger partial charge on any atom is -0.472 e. The third-order valence-corrected chi connectivity index (χ3v) is 4.66. The van der Waals surface area contributed by atoms with E-state index in [9.17, 15) is 19.2 Å². The fourth-order valence-corrected chi connectivity index (χ4v) is 3.12. The summed E-state index contributed by atoms with van der Waals surface area (Å²) in [6, 6.07) is 9.53. The number of aliphatic carboxylic acids is 1. The average Bonchev–Trinajstić information content (AvgIpc) is 3.43. The lowest BCUT2D eigenvalue weighted by molar-refractivity contribution is -0.130. The Bertz CT molecular complexity index is 1870. The lowest BCUT2D eigenvalue weighted by Crippen LogP contribution is -2.42. The minimum absolute atomic E-state index is 0. The Hall–Kier alpha value is -6.84. The molecule has 1 aromatic heterocycles. The summed E-state index contributed by atoms with van der Waals surface area (Å²) in [5, 5.41) is 8.15. The number of aldehydes is 1. The fraction of sp³-hybridized carbons (Fsp3) is 0.0625. The lowest BCUT2D eigenvalue weighted by Gasteiger charge is -2.22. The van der Waals surface area contributed by atoms with Gasteiger partial charge < -0.3 is 22.1 Å². The molecular weight excluding hydrogens is 536 g/mol. The van der Waals surface area contributed by atoms with E-state index in [0.29, 0.717) is 28.9 Å². The number of aromatic nitrogens is 1. The fourth-order valence-electron chi connectivity index (χ4n) is 3.12. The Morgan fingerprint density at radius 1 is 0.786 bits per heavy atom. The number of nitrogens with zero attached hydrogens (tertiary/aromatic N) is 2. The number of carbonyl (C=O) groups excluding carboxylic acids is 3. The highest BCUT2D eigenvalue weighted by Crippen LogP contribution is 2.30. The number of ether oxygens (including phenoxy) is 1. The SMILES string of the molecule is N.N.O=C1c2ccccc2C(=O)C2OC(c3cccnc3)=NC12.O=CC#CC#CC#CC#CC#CC#CC#CC(=O)O. The van der Waals surface area contributed by atoms with E-state index in [4.69, 9.17) is 9.84 Å². The molecule has 0 spiro atoms. The summed E-state index contributed by atoms with van der Waals surface area (Å²) >= 11 is 0. The van der Waals surface area contributed by atoms with Gasteiger partial charge in [0.15, 0.2) is 24.2 Å². The summed E-state index contributed by atoms with van der Waals surface area (Å²) in [6.07, 6.45) is 2.80. The molecule has 42 heavy (non-hydrogen) atoms. The topological polar surface area (TPSA) is 193 Å². The van der Waals surface area contributed by atoms with Crippen LogP contribution in [-0.4, -0.2) is 52.0 Å². The number of benzene rings is 1. The second-order valence-electron chi connectivity index (χ2n) is 7.13. The van der Waals surface area contributed by atoms with Gasteiger partial charge in [-0.2, -0.15) is 0 Å². The third-order valence-electron chi connectivity index (χ3n) is 4.66. The van der Waals surface area contributed by atoms with Gasteiger partial charge in [-0.25, -0.2) is 9.79 Å². The zero-order valence-corrected chi connectivity index (χ0v) is 21.6. The first-order valence-corrected chi connectivity index (χ1v) is 11.0. The van der Waals surface area contributed by atoms with E-state index in [1.165, 1.54) is 0 Å². The number of Topliss-reactive ketones (excluding diaryl/α,β-unsaturated/α-hetero) is 2. The van der Waals surface area contributed by atoms with Gasteiger partial charge in [0.25, 0.3) is 0 Å². The highest BCUT2D eigenvalue weighted by Gasteiger charge is 2.47. The number of rotatable bonds is 1. The lowest BCUT2D eigenvalue weighted by atomic mass is 9.85. The summed E-state index contributed by atoms with van der Waals surface area (Å²) in [6.45, 7) is 0. The predicted octanol–water partition coefficient (Wildman–Crippen LogP) is 1.29. The quantitative estimate of drug-likeness (QED) is 0.344. The maximum absolute atomic E-state index is 12.5. The van der Waals surface area contributed by atoms with Crippen LogP contribution in [0.15, 0.2) is 53.8 Å². The molecule has 0 saturated heterocycles. The summed E-state index contributed by atoms with van der Waals surface area (Å²) in [5.41, 5.74) is 1.49. The highest BCUT2D eigenvalue weighted by atomic mass is 16.5. The van der Waals surface area contributed by atoms with Crippen LogP contribution in [0.5, 0.6) is 0 Å². The first-order chi connectivity index (χ1) is 19.5. The molecule has 7 N–H and O–H groups in total. The van der Waals surface area contributed by atoms with Crippen molar-refractivity contribution in [2.75, 3.05) is 0 Å². The third kappa shape index (κ3) is 9.48. The Labute approximate surface area is 241 Å². The smallest absolute Gasteiger partial charge is 0.382 e. The number of hydrogen-bond acceptors (Lipinski definition) is 9. The Kier molecular flexibility index (Phi) is 13.9. The van der Waals surface area contributed by atoms with Crippen molar-refractivity contribution in [1.82, 2.24) is 17.3 Å². The van der Waals surface area contributed by atoms with E-state index in [1.807, 2.05) is 0 Å². The minimum atomic E-state index is -1.25. The van der Waals surface area contributed by atoms with E-state index in [0.717, 1.165) is 0 Å². The van der Waals surface area contributed by atoms with E-state index in [-0.39, 0.29) is 23.9 Å². The van der Waals surface area contributed by atoms with Crippen molar-refractivity contribution in [2.24, 2.45) is 4.99 Å². The number of carbonyl (C=O) groups is 4. The number of carboxylic acids is 1. The molecule has 4 rings (SSSR count). The van der Waals surface area contributed by atoms with Crippen molar-refractivity contribution < 1.29 is 29.0 Å². The number of pyridine rings is 1. The van der Waals surface area contributed by atoms with E-state index in [2.05, 4.69) is 86.9 Å². The van der Waals surface area contributed by atoms with Gasteiger partial charge in [0.1, 0.15) is 0 Å². The van der Waals surface area contributed by atoms with Crippen molar-refractivity contribution >= 4 is 29.7 Å². The van der Waals surface area contributed by atoms with Crippen LogP contribution in [0.3, 0.4) is 0 Å². The Balaban J connectivity index is 0.000000404. The molecule has 0 bridgehead atoms. The zero-order valence-electron chi connectivity index (χ0n) is 21.6. The van der Waals surface area contributed by atoms with Crippen LogP contribution in [0.2, 0.25) is 0 Å². The van der Waals surface area contributed by atoms with Crippen LogP contribution in [0, 0.1) is 82.9 Å². The second-order valence-corrected chi connectivity index (χ2v) is 7.13. The van der Waals surface area contributed by atoms with Crippen molar-refractivity contribution in [1.29, 1.82) is 0 Å². The largest absolute Gasteiger partial charge is 0.472 e. The van der Waals surface area contributed by atoms with E-state index >= 15 is 0 Å². The van der Waals surface area contributed by atoms with Crippen LogP contribution < -0.4 is 12.3 Å². The number of fused-ring (bicyclic) bond motifs is 2. The first kappa shape index (κ1) is 33.2. The average molecular weight is 555 g/mol. The summed E-state index contributed by atoms with van der Waals surface area (Å²) in [5.74, 6) is 30.3. The molecule has 202 valence electrons. The Morgan fingerprint density at radius 2 is 1.33 bits per heavy atom. The molecule has 10 heteroatoms. The number of aliphatic imine (C=N–C) groups is 1. The molecule has 2 atom stereocenters. The van der Waals surface area contributed by atoms with Gasteiger partial charge >= 0.3 is 5.97 Å². The summed E-state index contributed by atoms with van der Waals surface area (Å²) < 4.78 is 5.63. The first-order valence-electron chi connectivity index (χ1n) is 11.0. The molecule has 1 aliphatic heterocycles. The number of hydrogen-bond donors (Lipinski definition) is 3. The molecule has 2 aromatic rings. The summed E-state index contributed by atoms with van der Waals surface area (Å²) in [4.78, 5) is 53.0. The Morgan fingerprint density at radius 3 is 1.86 bits per heavy atom. The highest BCUT2D eigenvalue weighted by molar-refractivity contribution is 6.21. The number of carboxylic acid groups (broad SMARTS) is 1. The van der Waals surface area contributed by atoms with Gasteiger partial charge in [0.2, 0.25) is 11.7 Å². The van der Waals surface area contributed by atoms with E-state index in [1.54, 1.807) is 54.7 Å². The van der Waals surface area contributed by atoms with Crippen LogP contribution in [-0.2, 0) is 14.3 Å². The number of ketones is 2. The summed E-state index contributed by atoms with van der Waals surface area (Å²) in [7, 11) is 0. The predicted molar refractivity (Wildman–Crippen MR) is 153 cm³/mol. The molecule has 2 unspecified atom stereocenters. The van der Waals surface area contributed by atoms with Crippen molar-refractivity contribution in [2.45, 2.75) is 12.1 Å². The molecule has 0 fully saturated rings. The maximum atomic E-state index is 12.5. The zero-order chi connectivity index (χ0) is 28.6. The van der Waals surface area contributed by atoms with Crippen LogP contribution >= 0.6 is 0 Å². The van der Waals surface area contributed by atoms with Gasteiger partial charge in [-0.1, -0.05) is 24.3 Å². The maximum Gasteiger partial charge on any atom is 0.382 e. The van der Waals surface area contributed by atoms with Crippen LogP contribution in [0.1, 0.15) is 26.3 Å². The molecule has 1 aromatic carbocycles. The monoisotopic (exact) mass is 554 g/mol. The normalized spacial score (nSPS) is 13.7. The molecule has 2 heterocycles. The molecule has 2 aliphatic rings.